The zero-order valence-corrected chi connectivity index (χ0v) is 21.7. The fourth-order valence-electron chi connectivity index (χ4n) is 3.92. The van der Waals surface area contributed by atoms with Crippen molar-refractivity contribution in [2.75, 3.05) is 17.8 Å². The van der Waals surface area contributed by atoms with Crippen LogP contribution in [0.25, 0.3) is 11.0 Å². The van der Waals surface area contributed by atoms with Gasteiger partial charge in [-0.2, -0.15) is 5.10 Å². The zero-order valence-electron chi connectivity index (χ0n) is 19.1. The molecule has 3 heterocycles. The molecule has 0 saturated carbocycles. The molecule has 1 unspecified atom stereocenters. The molecule has 4 rings (SSSR count). The van der Waals surface area contributed by atoms with Crippen LogP contribution in [-0.4, -0.2) is 70.5 Å². The monoisotopic (exact) mass is 580 g/mol. The van der Waals surface area contributed by atoms with Crippen molar-refractivity contribution in [3.05, 3.63) is 53.1 Å². The minimum absolute atomic E-state index is 0.0646. The predicted molar refractivity (Wildman–Crippen MR) is 130 cm³/mol. The lowest BCUT2D eigenvalue weighted by Gasteiger charge is -2.18. The van der Waals surface area contributed by atoms with Crippen molar-refractivity contribution >= 4 is 43.5 Å². The van der Waals surface area contributed by atoms with E-state index in [2.05, 4.69) is 15.4 Å². The summed E-state index contributed by atoms with van der Waals surface area (Å²) in [5, 5.41) is 28.9. The summed E-state index contributed by atoms with van der Waals surface area (Å²) in [6, 6.07) is 7.27. The van der Waals surface area contributed by atoms with Gasteiger partial charge in [0.15, 0.2) is 17.8 Å². The topological polar surface area (TPSA) is 196 Å². The van der Waals surface area contributed by atoms with Gasteiger partial charge in [-0.15, -0.1) is 0 Å². The smallest absolute Gasteiger partial charge is 0.340 e. The number of aromatic nitrogens is 3. The van der Waals surface area contributed by atoms with Crippen molar-refractivity contribution < 1.29 is 47.7 Å². The molecular formula is C20H24ClFN4O9P2. The van der Waals surface area contributed by atoms with E-state index >= 15 is 0 Å². The predicted octanol–water partition coefficient (Wildman–Crippen LogP) is 2.35. The summed E-state index contributed by atoms with van der Waals surface area (Å²) in [6.45, 7) is 1.07. The summed E-state index contributed by atoms with van der Waals surface area (Å²) in [5.41, 5.74) is 1.35. The van der Waals surface area contributed by atoms with Crippen LogP contribution in [0.1, 0.15) is 24.8 Å². The number of hydrogen-bond donors (Lipinski definition) is 6. The third-order valence-electron chi connectivity index (χ3n) is 5.64. The number of pyridine rings is 1. The molecular weight excluding hydrogens is 557 g/mol. The first-order chi connectivity index (χ1) is 17.2. The normalized spacial score (nSPS) is 24.8. The molecule has 1 fully saturated rings. The van der Waals surface area contributed by atoms with Crippen LogP contribution < -0.4 is 5.32 Å². The van der Waals surface area contributed by atoms with Gasteiger partial charge in [-0.3, -0.25) is 9.13 Å². The number of benzene rings is 1. The van der Waals surface area contributed by atoms with E-state index in [9.17, 15) is 28.6 Å². The van der Waals surface area contributed by atoms with E-state index in [1.54, 1.807) is 18.2 Å². The van der Waals surface area contributed by atoms with E-state index in [1.165, 1.54) is 23.0 Å². The maximum Gasteiger partial charge on any atom is 0.340 e. The number of fused-ring (bicyclic) bond motifs is 1. The first-order valence-corrected chi connectivity index (χ1v) is 14.8. The molecule has 1 aliphatic heterocycles. The Balaban J connectivity index is 1.55. The van der Waals surface area contributed by atoms with Crippen molar-refractivity contribution in [2.45, 2.75) is 37.5 Å². The molecule has 6 N–H and O–H groups in total. The molecule has 6 atom stereocenters. The van der Waals surface area contributed by atoms with Gasteiger partial charge in [0.25, 0.3) is 0 Å². The summed E-state index contributed by atoms with van der Waals surface area (Å²) in [4.78, 5) is 31.7. The molecule has 3 aromatic rings. The number of nitrogens with one attached hydrogen (secondary N) is 1. The average molecular weight is 581 g/mol. The Hall–Kier alpha value is -1.96. The lowest BCUT2D eigenvalue weighted by molar-refractivity contribution is -0.0541. The summed E-state index contributed by atoms with van der Waals surface area (Å²) < 4.78 is 48.1. The number of anilines is 1. The van der Waals surface area contributed by atoms with Crippen molar-refractivity contribution in [1.82, 2.24) is 14.8 Å². The van der Waals surface area contributed by atoms with Crippen LogP contribution in [0.2, 0.25) is 5.15 Å². The van der Waals surface area contributed by atoms with Crippen molar-refractivity contribution in [2.24, 2.45) is 0 Å². The lowest BCUT2D eigenvalue weighted by atomic mass is 10.1. The summed E-state index contributed by atoms with van der Waals surface area (Å²) in [6.07, 6.45) is -4.38. The number of aliphatic hydroxyl groups is 2. The van der Waals surface area contributed by atoms with Gasteiger partial charge in [0.05, 0.1) is 23.9 Å². The molecule has 37 heavy (non-hydrogen) atoms. The number of ether oxygens (including phenoxy) is 1. The number of aliphatic hydroxyl groups excluding tert-OH is 2. The second-order valence-electron chi connectivity index (χ2n) is 8.53. The highest BCUT2D eigenvalue weighted by molar-refractivity contribution is 7.70. The maximum absolute atomic E-state index is 13.6. The van der Waals surface area contributed by atoms with Crippen LogP contribution in [0.15, 0.2) is 36.5 Å². The highest BCUT2D eigenvalue weighted by Crippen LogP contribution is 2.55. The van der Waals surface area contributed by atoms with Crippen LogP contribution in [-0.2, 0) is 18.4 Å². The van der Waals surface area contributed by atoms with Crippen LogP contribution in [0, 0.1) is 5.82 Å². The third kappa shape index (κ3) is 6.55. The average Bonchev–Trinajstić information content (AvgIpc) is 3.32. The van der Waals surface area contributed by atoms with E-state index in [1.807, 2.05) is 6.92 Å². The summed E-state index contributed by atoms with van der Waals surface area (Å²) in [5.74, 6) is -1.80. The van der Waals surface area contributed by atoms with Crippen molar-refractivity contribution in [1.29, 1.82) is 0 Å². The van der Waals surface area contributed by atoms with Gasteiger partial charge < -0.3 is 39.5 Å². The van der Waals surface area contributed by atoms with Crippen molar-refractivity contribution in [3.8, 4) is 0 Å². The first kappa shape index (κ1) is 28.1. The van der Waals surface area contributed by atoms with E-state index in [0.717, 1.165) is 0 Å². The van der Waals surface area contributed by atoms with Gasteiger partial charge >= 0.3 is 15.2 Å². The van der Waals surface area contributed by atoms with Gasteiger partial charge in [-0.1, -0.05) is 23.7 Å². The van der Waals surface area contributed by atoms with E-state index in [4.69, 9.17) is 30.6 Å². The van der Waals surface area contributed by atoms with Crippen LogP contribution in [0.5, 0.6) is 0 Å². The number of hydrogen-bond acceptors (Lipinski definition) is 9. The molecule has 0 spiro atoms. The highest BCUT2D eigenvalue weighted by Gasteiger charge is 2.46. The van der Waals surface area contributed by atoms with Gasteiger partial charge in [0, 0.05) is 6.04 Å². The highest BCUT2D eigenvalue weighted by atomic mass is 35.5. The molecule has 0 amide bonds. The summed E-state index contributed by atoms with van der Waals surface area (Å²) in [7, 11) is -9.55. The molecule has 1 aromatic carbocycles. The minimum atomic E-state index is -4.85. The Morgan fingerprint density at radius 2 is 1.97 bits per heavy atom. The molecule has 0 aliphatic carbocycles. The van der Waals surface area contributed by atoms with Gasteiger partial charge in [-0.25, -0.2) is 14.1 Å². The van der Waals surface area contributed by atoms with Crippen LogP contribution >= 0.6 is 26.8 Å². The Bertz CT molecular complexity index is 1390. The standard InChI is InChI=1S/C20H24ClFN4O9P2/c1-10(11-3-2-4-12(22)5-11)24-14-6-16(21)25-19-13(14)7-23-26(19)20-18(28)17(27)15(35-20)8-34-37(32,33)9-36(29,30)31/h2-7,10,15,17-18,20,27-28H,8-9H2,1H3,(H,24,25)(H,32,33)(H2,29,30,31)/t10-,15+,17+,18+,20+/m0/s1. The van der Waals surface area contributed by atoms with Gasteiger partial charge in [-0.05, 0) is 30.7 Å². The van der Waals surface area contributed by atoms with E-state index < -0.39 is 52.2 Å². The molecule has 1 aliphatic rings. The number of nitrogens with zero attached hydrogens (tertiary/aromatic N) is 3. The van der Waals surface area contributed by atoms with E-state index in [-0.39, 0.29) is 22.7 Å². The molecule has 202 valence electrons. The fourth-order valence-corrected chi connectivity index (χ4v) is 6.68. The minimum Gasteiger partial charge on any atom is -0.387 e. The maximum atomic E-state index is 13.6. The SMILES string of the molecule is C[C@H](Nc1cc(Cl)nc2c1cnn2[C@@H]1O[C@H](COP(=O)(O)CP(=O)(O)O)[C@@H](O)[C@H]1O)c1cccc(F)c1. The molecule has 0 bridgehead atoms. The Labute approximate surface area is 214 Å². The Morgan fingerprint density at radius 1 is 1.24 bits per heavy atom. The largest absolute Gasteiger partial charge is 0.387 e. The zero-order chi connectivity index (χ0) is 27.1. The Kier molecular flexibility index (Phi) is 8.08. The molecule has 0 radical (unpaired) electrons. The lowest BCUT2D eigenvalue weighted by Crippen LogP contribution is -2.33. The van der Waals surface area contributed by atoms with Gasteiger partial charge in [0.2, 0.25) is 0 Å². The fraction of sp³-hybridized carbons (Fsp3) is 0.400. The molecule has 17 heteroatoms. The number of halogens is 2. The van der Waals surface area contributed by atoms with Crippen LogP contribution in [0.4, 0.5) is 10.1 Å². The quantitative estimate of drug-likeness (QED) is 0.160. The second-order valence-corrected chi connectivity index (χ2v) is 12.9. The van der Waals surface area contributed by atoms with E-state index in [0.29, 0.717) is 16.6 Å². The number of rotatable bonds is 9. The van der Waals surface area contributed by atoms with Crippen LogP contribution in [0.3, 0.4) is 0 Å². The second kappa shape index (κ2) is 10.7. The first-order valence-electron chi connectivity index (χ1n) is 10.8. The van der Waals surface area contributed by atoms with Gasteiger partial charge in [0.1, 0.15) is 29.3 Å². The molecule has 13 nitrogen and oxygen atoms in total. The molecule has 1 saturated heterocycles. The molecule has 2 aromatic heterocycles. The third-order valence-corrected chi connectivity index (χ3v) is 9.29. The van der Waals surface area contributed by atoms with Crippen molar-refractivity contribution in [3.63, 3.8) is 0 Å². The summed E-state index contributed by atoms with van der Waals surface area (Å²) >= 11 is 6.21. The Morgan fingerprint density at radius 3 is 2.65 bits per heavy atom.